The van der Waals surface area contributed by atoms with Gasteiger partial charge in [0, 0.05) is 25.2 Å². The number of alkyl halides is 2. The van der Waals surface area contributed by atoms with Gasteiger partial charge in [0.25, 0.3) is 6.43 Å². The monoisotopic (exact) mass is 291 g/mol. The fraction of sp³-hybridized carbons (Fsp3) is 0.538. The zero-order chi connectivity index (χ0) is 15.1. The van der Waals surface area contributed by atoms with Gasteiger partial charge >= 0.3 is 0 Å². The molecule has 0 bridgehead atoms. The van der Waals surface area contributed by atoms with Gasteiger partial charge < -0.3 is 24.6 Å². The van der Waals surface area contributed by atoms with E-state index in [0.717, 1.165) is 0 Å². The third-order valence-corrected chi connectivity index (χ3v) is 2.76. The standard InChI is InChI=1S/C13H19F2NO4/c1-18-8-4-11(19-2)9(12(5-8)20-3)6-16-7-10(17)13(14)15/h4-5,10,13,16-17H,6-7H2,1-3H3. The number of hydrogen-bond donors (Lipinski definition) is 2. The van der Waals surface area contributed by atoms with Gasteiger partial charge in [-0.2, -0.15) is 0 Å². The molecule has 0 aliphatic heterocycles. The Kier molecular flexibility index (Phi) is 6.47. The van der Waals surface area contributed by atoms with Gasteiger partial charge in [-0.25, -0.2) is 8.78 Å². The zero-order valence-electron chi connectivity index (χ0n) is 11.7. The lowest BCUT2D eigenvalue weighted by molar-refractivity contribution is -0.00344. The van der Waals surface area contributed by atoms with E-state index in [9.17, 15) is 8.78 Å². The number of methoxy groups -OCH3 is 3. The minimum absolute atomic E-state index is 0.222. The summed E-state index contributed by atoms with van der Waals surface area (Å²) in [7, 11) is 4.50. The topological polar surface area (TPSA) is 60.0 Å². The molecule has 2 N–H and O–H groups in total. The lowest BCUT2D eigenvalue weighted by Crippen LogP contribution is -2.31. The summed E-state index contributed by atoms with van der Waals surface area (Å²) < 4.78 is 39.9. The molecule has 1 aromatic carbocycles. The molecule has 1 aromatic rings. The Labute approximate surface area is 116 Å². The van der Waals surface area contributed by atoms with Gasteiger partial charge in [-0.1, -0.05) is 0 Å². The molecule has 0 amide bonds. The van der Waals surface area contributed by atoms with Gasteiger partial charge in [-0.05, 0) is 0 Å². The normalized spacial score (nSPS) is 12.3. The molecule has 1 unspecified atom stereocenters. The maximum Gasteiger partial charge on any atom is 0.265 e. The summed E-state index contributed by atoms with van der Waals surface area (Å²) in [5.41, 5.74) is 0.664. The minimum Gasteiger partial charge on any atom is -0.496 e. The van der Waals surface area contributed by atoms with Crippen molar-refractivity contribution in [3.05, 3.63) is 17.7 Å². The molecule has 0 saturated carbocycles. The highest BCUT2D eigenvalue weighted by atomic mass is 19.3. The van der Waals surface area contributed by atoms with Crippen LogP contribution in [0.4, 0.5) is 8.78 Å². The fourth-order valence-corrected chi connectivity index (χ4v) is 1.69. The van der Waals surface area contributed by atoms with Crippen molar-refractivity contribution < 1.29 is 28.1 Å². The SMILES string of the molecule is COc1cc(OC)c(CNCC(O)C(F)F)c(OC)c1. The highest BCUT2D eigenvalue weighted by molar-refractivity contribution is 5.50. The van der Waals surface area contributed by atoms with Gasteiger partial charge in [0.05, 0.1) is 26.9 Å². The van der Waals surface area contributed by atoms with E-state index in [1.165, 1.54) is 21.3 Å². The van der Waals surface area contributed by atoms with Crippen molar-refractivity contribution in [1.29, 1.82) is 0 Å². The molecule has 1 atom stereocenters. The molecule has 0 spiro atoms. The van der Waals surface area contributed by atoms with Gasteiger partial charge in [-0.3, -0.25) is 0 Å². The van der Waals surface area contributed by atoms with E-state index < -0.39 is 12.5 Å². The van der Waals surface area contributed by atoms with Crippen molar-refractivity contribution in [3.8, 4) is 17.2 Å². The van der Waals surface area contributed by atoms with Crippen LogP contribution in [0.1, 0.15) is 5.56 Å². The number of aliphatic hydroxyl groups is 1. The molecule has 114 valence electrons. The van der Waals surface area contributed by atoms with E-state index in [-0.39, 0.29) is 13.1 Å². The molecule has 0 radical (unpaired) electrons. The number of halogens is 2. The van der Waals surface area contributed by atoms with Gasteiger partial charge in [0.15, 0.2) is 0 Å². The van der Waals surface area contributed by atoms with Crippen LogP contribution in [0.15, 0.2) is 12.1 Å². The van der Waals surface area contributed by atoms with Gasteiger partial charge in [-0.15, -0.1) is 0 Å². The summed E-state index contributed by atoms with van der Waals surface area (Å²) in [5.74, 6) is 1.59. The second kappa shape index (κ2) is 7.86. The quantitative estimate of drug-likeness (QED) is 0.759. The van der Waals surface area contributed by atoms with Crippen molar-refractivity contribution in [2.24, 2.45) is 0 Å². The molecule has 0 aromatic heterocycles. The van der Waals surface area contributed by atoms with Crippen LogP contribution in [-0.4, -0.2) is 45.5 Å². The summed E-state index contributed by atoms with van der Waals surface area (Å²) >= 11 is 0. The van der Waals surface area contributed by atoms with E-state index in [4.69, 9.17) is 19.3 Å². The highest BCUT2D eigenvalue weighted by Crippen LogP contribution is 2.33. The molecule has 0 aliphatic carbocycles. The molecule has 0 saturated heterocycles. The van der Waals surface area contributed by atoms with Gasteiger partial charge in [0.2, 0.25) is 0 Å². The maximum absolute atomic E-state index is 12.2. The average Bonchev–Trinajstić information content (AvgIpc) is 2.46. The summed E-state index contributed by atoms with van der Waals surface area (Å²) in [4.78, 5) is 0. The van der Waals surface area contributed by atoms with Crippen LogP contribution in [0, 0.1) is 0 Å². The first-order valence-corrected chi connectivity index (χ1v) is 5.99. The van der Waals surface area contributed by atoms with Crippen LogP contribution in [-0.2, 0) is 6.54 Å². The Morgan fingerprint density at radius 2 is 1.65 bits per heavy atom. The van der Waals surface area contributed by atoms with Crippen molar-refractivity contribution in [2.45, 2.75) is 19.1 Å². The third-order valence-electron chi connectivity index (χ3n) is 2.76. The van der Waals surface area contributed by atoms with Crippen LogP contribution in [0.3, 0.4) is 0 Å². The second-order valence-corrected chi connectivity index (χ2v) is 4.04. The Balaban J connectivity index is 2.82. The number of benzene rings is 1. The van der Waals surface area contributed by atoms with Crippen LogP contribution in [0.5, 0.6) is 17.2 Å². The molecule has 7 heteroatoms. The van der Waals surface area contributed by atoms with Crippen LogP contribution in [0.25, 0.3) is 0 Å². The van der Waals surface area contributed by atoms with Crippen LogP contribution in [0.2, 0.25) is 0 Å². The lowest BCUT2D eigenvalue weighted by Gasteiger charge is -2.16. The molecule has 0 aliphatic rings. The Morgan fingerprint density at radius 1 is 1.10 bits per heavy atom. The van der Waals surface area contributed by atoms with Crippen molar-refractivity contribution >= 4 is 0 Å². The number of aliphatic hydroxyl groups excluding tert-OH is 1. The second-order valence-electron chi connectivity index (χ2n) is 4.04. The number of rotatable bonds is 8. The van der Waals surface area contributed by atoms with Crippen molar-refractivity contribution in [1.82, 2.24) is 5.32 Å². The van der Waals surface area contributed by atoms with Crippen molar-refractivity contribution in [2.75, 3.05) is 27.9 Å². The average molecular weight is 291 g/mol. The summed E-state index contributed by atoms with van der Waals surface area (Å²) in [6.07, 6.45) is -4.48. The molecular weight excluding hydrogens is 272 g/mol. The van der Waals surface area contributed by atoms with Crippen molar-refractivity contribution in [3.63, 3.8) is 0 Å². The van der Waals surface area contributed by atoms with Crippen LogP contribution < -0.4 is 19.5 Å². The Hall–Kier alpha value is -1.60. The highest BCUT2D eigenvalue weighted by Gasteiger charge is 2.17. The molecular formula is C13H19F2NO4. The molecule has 5 nitrogen and oxygen atoms in total. The zero-order valence-corrected chi connectivity index (χ0v) is 11.7. The van der Waals surface area contributed by atoms with E-state index in [2.05, 4.69) is 5.32 Å². The summed E-state index contributed by atoms with van der Waals surface area (Å²) in [6, 6.07) is 3.34. The Bertz CT molecular complexity index is 404. The predicted octanol–water partition coefficient (Wildman–Crippen LogP) is 1.43. The summed E-state index contributed by atoms with van der Waals surface area (Å²) in [5, 5.41) is 11.8. The maximum atomic E-state index is 12.2. The first-order chi connectivity index (χ1) is 9.53. The molecule has 20 heavy (non-hydrogen) atoms. The smallest absolute Gasteiger partial charge is 0.265 e. The van der Waals surface area contributed by atoms with E-state index in [1.54, 1.807) is 12.1 Å². The Morgan fingerprint density at radius 3 is 2.05 bits per heavy atom. The number of ether oxygens (including phenoxy) is 3. The van der Waals surface area contributed by atoms with Crippen LogP contribution >= 0.6 is 0 Å². The first-order valence-electron chi connectivity index (χ1n) is 5.99. The summed E-state index contributed by atoms with van der Waals surface area (Å²) in [6.45, 7) is -0.00384. The number of nitrogens with one attached hydrogen (secondary N) is 1. The minimum atomic E-state index is -2.78. The largest absolute Gasteiger partial charge is 0.496 e. The third kappa shape index (κ3) is 4.21. The van der Waals surface area contributed by atoms with E-state index in [1.807, 2.05) is 0 Å². The molecule has 0 heterocycles. The molecule has 0 fully saturated rings. The fourth-order valence-electron chi connectivity index (χ4n) is 1.69. The lowest BCUT2D eigenvalue weighted by atomic mass is 10.1. The predicted molar refractivity (Wildman–Crippen MR) is 69.8 cm³/mol. The molecule has 1 rings (SSSR count). The number of hydrogen-bond acceptors (Lipinski definition) is 5. The first kappa shape index (κ1) is 16.5. The van der Waals surface area contributed by atoms with E-state index in [0.29, 0.717) is 22.8 Å². The van der Waals surface area contributed by atoms with E-state index >= 15 is 0 Å². The van der Waals surface area contributed by atoms with Gasteiger partial charge in [0.1, 0.15) is 23.4 Å².